The van der Waals surface area contributed by atoms with Gasteiger partial charge in [-0.25, -0.2) is 4.79 Å². The lowest BCUT2D eigenvalue weighted by Gasteiger charge is -2.35. The molecule has 0 N–H and O–H groups in total. The fourth-order valence-corrected chi connectivity index (χ4v) is 3.04. The Morgan fingerprint density at radius 3 is 2.41 bits per heavy atom. The first-order valence-electron chi connectivity index (χ1n) is 9.02. The van der Waals surface area contributed by atoms with Gasteiger partial charge in [-0.05, 0) is 44.2 Å². The van der Waals surface area contributed by atoms with E-state index < -0.39 is 23.9 Å². The summed E-state index contributed by atoms with van der Waals surface area (Å²) in [5.74, 6) is 0.104. The number of furan rings is 1. The van der Waals surface area contributed by atoms with Gasteiger partial charge in [0.2, 0.25) is 0 Å². The maximum Gasteiger partial charge on any atom is 0.334 e. The molecule has 1 aromatic heterocycles. The number of imide groups is 2. The number of nitrogens with zero attached hydrogens (tertiary/aromatic N) is 2. The number of ether oxygens (including phenoxy) is 2. The van der Waals surface area contributed by atoms with Crippen LogP contribution in [0.5, 0.6) is 11.5 Å². The Morgan fingerprint density at radius 1 is 1.07 bits per heavy atom. The molecule has 1 fully saturated rings. The van der Waals surface area contributed by atoms with Crippen molar-refractivity contribution in [3.05, 3.63) is 53.5 Å². The number of hydrogen-bond acceptors (Lipinski definition) is 6. The molecule has 8 nitrogen and oxygen atoms in total. The average Bonchev–Trinajstić information content (AvgIpc) is 3.21. The SMILES string of the molecule is COc1ccc(/C=C2/C(=O)N(Cc3ccco3)C(=O)N(C(C)C)C2=O)c(OC)c1. The van der Waals surface area contributed by atoms with Crippen molar-refractivity contribution in [2.75, 3.05) is 14.2 Å². The van der Waals surface area contributed by atoms with E-state index >= 15 is 0 Å². The van der Waals surface area contributed by atoms with Crippen LogP contribution < -0.4 is 9.47 Å². The van der Waals surface area contributed by atoms with Gasteiger partial charge in [0.25, 0.3) is 11.8 Å². The van der Waals surface area contributed by atoms with Crippen LogP contribution in [0.3, 0.4) is 0 Å². The molecule has 29 heavy (non-hydrogen) atoms. The predicted octanol–water partition coefficient (Wildman–Crippen LogP) is 3.08. The summed E-state index contributed by atoms with van der Waals surface area (Å²) in [6.07, 6.45) is 2.89. The molecule has 8 heteroatoms. The molecule has 0 atom stereocenters. The van der Waals surface area contributed by atoms with E-state index in [9.17, 15) is 14.4 Å². The number of barbiturate groups is 1. The molecule has 1 aliphatic heterocycles. The van der Waals surface area contributed by atoms with Crippen molar-refractivity contribution in [3.8, 4) is 11.5 Å². The molecule has 1 saturated heterocycles. The summed E-state index contributed by atoms with van der Waals surface area (Å²) < 4.78 is 15.8. The first-order chi connectivity index (χ1) is 13.9. The van der Waals surface area contributed by atoms with Crippen molar-refractivity contribution in [1.29, 1.82) is 0 Å². The maximum absolute atomic E-state index is 13.0. The molecule has 2 heterocycles. The Bertz CT molecular complexity index is 962. The second-order valence-electron chi connectivity index (χ2n) is 6.69. The van der Waals surface area contributed by atoms with Crippen molar-refractivity contribution < 1.29 is 28.3 Å². The van der Waals surface area contributed by atoms with Gasteiger partial charge in [0, 0.05) is 17.7 Å². The minimum absolute atomic E-state index is 0.0712. The molecule has 4 amide bonds. The highest BCUT2D eigenvalue weighted by Crippen LogP contribution is 2.29. The second kappa shape index (κ2) is 8.22. The zero-order valence-electron chi connectivity index (χ0n) is 16.7. The zero-order chi connectivity index (χ0) is 21.1. The van der Waals surface area contributed by atoms with E-state index in [4.69, 9.17) is 13.9 Å². The Hall–Kier alpha value is -3.55. The first-order valence-corrected chi connectivity index (χ1v) is 9.02. The van der Waals surface area contributed by atoms with Gasteiger partial charge < -0.3 is 13.9 Å². The number of methoxy groups -OCH3 is 2. The third kappa shape index (κ3) is 3.87. The van der Waals surface area contributed by atoms with Crippen LogP contribution in [0.4, 0.5) is 4.79 Å². The van der Waals surface area contributed by atoms with E-state index in [-0.39, 0.29) is 12.1 Å². The average molecular weight is 398 g/mol. The number of carbonyl (C=O) groups excluding carboxylic acids is 3. The number of urea groups is 1. The maximum atomic E-state index is 13.0. The number of hydrogen-bond donors (Lipinski definition) is 0. The van der Waals surface area contributed by atoms with Crippen molar-refractivity contribution in [1.82, 2.24) is 9.80 Å². The molecule has 2 aromatic rings. The number of benzene rings is 1. The second-order valence-corrected chi connectivity index (χ2v) is 6.69. The molecule has 0 saturated carbocycles. The van der Waals surface area contributed by atoms with Gasteiger partial charge in [-0.1, -0.05) is 0 Å². The standard InChI is InChI=1S/C21H22N2O6/c1-13(2)23-20(25)17(10-14-7-8-15(27-3)11-18(14)28-4)19(24)22(21(23)26)12-16-6-5-9-29-16/h5-11,13H,12H2,1-4H3/b17-10-. The third-order valence-electron chi connectivity index (χ3n) is 4.51. The monoisotopic (exact) mass is 398 g/mol. The van der Waals surface area contributed by atoms with Gasteiger partial charge in [-0.3, -0.25) is 19.4 Å². The Kier molecular flexibility index (Phi) is 5.72. The van der Waals surface area contributed by atoms with Crippen LogP contribution in [0.25, 0.3) is 6.08 Å². The highest BCUT2D eigenvalue weighted by Gasteiger charge is 2.43. The van der Waals surface area contributed by atoms with Gasteiger partial charge in [-0.2, -0.15) is 0 Å². The molecule has 0 aliphatic carbocycles. The highest BCUT2D eigenvalue weighted by atomic mass is 16.5. The summed E-state index contributed by atoms with van der Waals surface area (Å²) in [6.45, 7) is 3.35. The van der Waals surface area contributed by atoms with Crippen LogP contribution in [-0.4, -0.2) is 47.9 Å². The Morgan fingerprint density at radius 2 is 1.83 bits per heavy atom. The van der Waals surface area contributed by atoms with Gasteiger partial charge in [-0.15, -0.1) is 0 Å². The number of rotatable bonds is 6. The molecule has 0 unspecified atom stereocenters. The number of carbonyl (C=O) groups is 3. The fraction of sp³-hybridized carbons (Fsp3) is 0.286. The first kappa shape index (κ1) is 20.2. The number of amides is 4. The van der Waals surface area contributed by atoms with Crippen LogP contribution in [-0.2, 0) is 16.1 Å². The van der Waals surface area contributed by atoms with Crippen LogP contribution in [0, 0.1) is 0 Å². The normalized spacial score (nSPS) is 16.2. The van der Waals surface area contributed by atoms with Gasteiger partial charge >= 0.3 is 6.03 Å². The fourth-order valence-electron chi connectivity index (χ4n) is 3.04. The molecule has 3 rings (SSSR count). The smallest absolute Gasteiger partial charge is 0.334 e. The van der Waals surface area contributed by atoms with E-state index in [0.29, 0.717) is 22.8 Å². The lowest BCUT2D eigenvalue weighted by atomic mass is 10.0. The van der Waals surface area contributed by atoms with Crippen LogP contribution >= 0.6 is 0 Å². The van der Waals surface area contributed by atoms with E-state index in [2.05, 4.69) is 0 Å². The molecule has 1 aliphatic rings. The largest absolute Gasteiger partial charge is 0.497 e. The molecule has 1 aromatic carbocycles. The van der Waals surface area contributed by atoms with Gasteiger partial charge in [0.05, 0.1) is 27.0 Å². The molecule has 0 bridgehead atoms. The minimum Gasteiger partial charge on any atom is -0.497 e. The lowest BCUT2D eigenvalue weighted by molar-refractivity contribution is -0.137. The topological polar surface area (TPSA) is 89.3 Å². The summed E-state index contributed by atoms with van der Waals surface area (Å²) in [7, 11) is 3.01. The van der Waals surface area contributed by atoms with E-state index in [1.165, 1.54) is 26.6 Å². The summed E-state index contributed by atoms with van der Waals surface area (Å²) in [5, 5.41) is 0. The lowest BCUT2D eigenvalue weighted by Crippen LogP contribution is -2.57. The van der Waals surface area contributed by atoms with Crippen molar-refractivity contribution in [2.24, 2.45) is 0 Å². The Balaban J connectivity index is 2.06. The molecule has 0 spiro atoms. The van der Waals surface area contributed by atoms with Crippen LogP contribution in [0.15, 0.2) is 46.6 Å². The van der Waals surface area contributed by atoms with Crippen molar-refractivity contribution >= 4 is 23.9 Å². The summed E-state index contributed by atoms with van der Waals surface area (Å²) in [4.78, 5) is 40.9. The van der Waals surface area contributed by atoms with Crippen LogP contribution in [0.1, 0.15) is 25.2 Å². The third-order valence-corrected chi connectivity index (χ3v) is 4.51. The van der Waals surface area contributed by atoms with Crippen molar-refractivity contribution in [3.63, 3.8) is 0 Å². The molecule has 0 radical (unpaired) electrons. The summed E-state index contributed by atoms with van der Waals surface area (Å²) >= 11 is 0. The zero-order valence-corrected chi connectivity index (χ0v) is 16.7. The molecule has 152 valence electrons. The summed E-state index contributed by atoms with van der Waals surface area (Å²) in [5.41, 5.74) is 0.384. The van der Waals surface area contributed by atoms with Gasteiger partial charge in [0.1, 0.15) is 22.8 Å². The quantitative estimate of drug-likeness (QED) is 0.549. The van der Waals surface area contributed by atoms with E-state index in [1.54, 1.807) is 44.2 Å². The van der Waals surface area contributed by atoms with E-state index in [0.717, 1.165) is 9.80 Å². The summed E-state index contributed by atoms with van der Waals surface area (Å²) in [6, 6.07) is 7.24. The highest BCUT2D eigenvalue weighted by molar-refractivity contribution is 6.31. The Labute approximate surface area is 168 Å². The van der Waals surface area contributed by atoms with E-state index in [1.807, 2.05) is 0 Å². The molecular weight excluding hydrogens is 376 g/mol. The minimum atomic E-state index is -0.689. The molecular formula is C21H22N2O6. The van der Waals surface area contributed by atoms with Crippen molar-refractivity contribution in [2.45, 2.75) is 26.4 Å². The van der Waals surface area contributed by atoms with Gasteiger partial charge in [0.15, 0.2) is 0 Å². The van der Waals surface area contributed by atoms with Crippen LogP contribution in [0.2, 0.25) is 0 Å². The predicted molar refractivity (Wildman–Crippen MR) is 104 cm³/mol.